The summed E-state index contributed by atoms with van der Waals surface area (Å²) in [7, 11) is 0. The second kappa shape index (κ2) is 5.65. The van der Waals surface area contributed by atoms with Crippen LogP contribution in [-0.2, 0) is 0 Å². The third kappa shape index (κ3) is 2.80. The summed E-state index contributed by atoms with van der Waals surface area (Å²) in [5.41, 5.74) is 1.14. The maximum absolute atomic E-state index is 4.58. The second-order valence-electron chi connectivity index (χ2n) is 5.50. The van der Waals surface area contributed by atoms with E-state index in [1.54, 1.807) is 0 Å². The van der Waals surface area contributed by atoms with Crippen molar-refractivity contribution in [2.24, 2.45) is 0 Å². The number of nitrogens with one attached hydrogen (secondary N) is 2. The number of hydrogen-bond donors (Lipinski definition) is 2. The number of aromatic nitrogens is 2. The molecule has 1 saturated heterocycles. The summed E-state index contributed by atoms with van der Waals surface area (Å²) >= 11 is 0. The first kappa shape index (κ1) is 11.9. The van der Waals surface area contributed by atoms with Crippen molar-refractivity contribution in [3.63, 3.8) is 0 Å². The Hall–Kier alpha value is -1.16. The Morgan fingerprint density at radius 3 is 2.61 bits per heavy atom. The van der Waals surface area contributed by atoms with Crippen molar-refractivity contribution in [2.75, 3.05) is 18.4 Å². The average molecular weight is 246 g/mol. The van der Waals surface area contributed by atoms with E-state index < -0.39 is 0 Å². The topological polar surface area (TPSA) is 49.8 Å². The molecule has 3 rings (SSSR count). The molecule has 2 aliphatic rings. The van der Waals surface area contributed by atoms with Gasteiger partial charge in [-0.05, 0) is 32.2 Å². The minimum Gasteiger partial charge on any atom is -0.366 e. The van der Waals surface area contributed by atoms with Crippen LogP contribution in [0, 0.1) is 0 Å². The molecule has 2 fully saturated rings. The smallest absolute Gasteiger partial charge is 0.144 e. The summed E-state index contributed by atoms with van der Waals surface area (Å²) in [5, 5.41) is 6.91. The molecule has 1 atom stereocenters. The van der Waals surface area contributed by atoms with Crippen molar-refractivity contribution >= 4 is 5.82 Å². The Labute approximate surface area is 109 Å². The number of hydrogen-bond acceptors (Lipinski definition) is 4. The Morgan fingerprint density at radius 2 is 1.94 bits per heavy atom. The first-order valence-electron chi connectivity index (χ1n) is 7.21. The standard InChI is InChI=1S/C14H22N4/c1-2-6-12(5-1)18-14-10-16-13(9-17-14)11-4-3-7-15-8-11/h9-12,15H,1-8H2,(H,17,18)/t11-/m0/s1. The van der Waals surface area contributed by atoms with Crippen LogP contribution in [0.2, 0.25) is 0 Å². The molecule has 2 N–H and O–H groups in total. The van der Waals surface area contributed by atoms with Gasteiger partial charge in [0.25, 0.3) is 0 Å². The van der Waals surface area contributed by atoms with Crippen molar-refractivity contribution in [1.82, 2.24) is 15.3 Å². The molecular formula is C14H22N4. The van der Waals surface area contributed by atoms with Crippen LogP contribution in [0.5, 0.6) is 0 Å². The Morgan fingerprint density at radius 1 is 1.06 bits per heavy atom. The third-order valence-electron chi connectivity index (χ3n) is 4.09. The zero-order chi connectivity index (χ0) is 12.2. The van der Waals surface area contributed by atoms with E-state index in [9.17, 15) is 0 Å². The van der Waals surface area contributed by atoms with Gasteiger partial charge < -0.3 is 10.6 Å². The molecule has 0 aromatic carbocycles. The molecule has 1 saturated carbocycles. The molecule has 1 aliphatic heterocycles. The molecule has 0 radical (unpaired) electrons. The number of anilines is 1. The van der Waals surface area contributed by atoms with Crippen molar-refractivity contribution < 1.29 is 0 Å². The number of rotatable bonds is 3. The van der Waals surface area contributed by atoms with Gasteiger partial charge in [-0.1, -0.05) is 12.8 Å². The van der Waals surface area contributed by atoms with Crippen LogP contribution < -0.4 is 10.6 Å². The lowest BCUT2D eigenvalue weighted by Gasteiger charge is -2.22. The lowest BCUT2D eigenvalue weighted by Crippen LogP contribution is -2.29. The average Bonchev–Trinajstić information content (AvgIpc) is 2.94. The van der Waals surface area contributed by atoms with Crippen LogP contribution in [0.1, 0.15) is 50.1 Å². The minimum absolute atomic E-state index is 0.548. The molecule has 0 unspecified atom stereocenters. The predicted molar refractivity (Wildman–Crippen MR) is 72.8 cm³/mol. The zero-order valence-corrected chi connectivity index (χ0v) is 10.9. The van der Waals surface area contributed by atoms with E-state index >= 15 is 0 Å². The summed E-state index contributed by atoms with van der Waals surface area (Å²) in [4.78, 5) is 9.10. The summed E-state index contributed by atoms with van der Waals surface area (Å²) in [6, 6.07) is 0.612. The Balaban J connectivity index is 1.60. The zero-order valence-electron chi connectivity index (χ0n) is 10.9. The van der Waals surface area contributed by atoms with Crippen LogP contribution in [0.4, 0.5) is 5.82 Å². The molecular weight excluding hydrogens is 224 g/mol. The Bertz CT molecular complexity index is 364. The van der Waals surface area contributed by atoms with Gasteiger partial charge in [0.1, 0.15) is 5.82 Å². The fourth-order valence-electron chi connectivity index (χ4n) is 3.01. The van der Waals surface area contributed by atoms with Gasteiger partial charge in [0.15, 0.2) is 0 Å². The molecule has 2 heterocycles. The highest BCUT2D eigenvalue weighted by atomic mass is 15.0. The van der Waals surface area contributed by atoms with Gasteiger partial charge in [-0.15, -0.1) is 0 Å². The SMILES string of the molecule is c1nc([C@H]2CCCNC2)cnc1NC1CCCC1. The van der Waals surface area contributed by atoms with Crippen molar-refractivity contribution in [2.45, 2.75) is 50.5 Å². The van der Waals surface area contributed by atoms with E-state index in [4.69, 9.17) is 0 Å². The van der Waals surface area contributed by atoms with Crippen LogP contribution in [0.3, 0.4) is 0 Å². The van der Waals surface area contributed by atoms with Gasteiger partial charge in [0.05, 0.1) is 18.1 Å². The molecule has 4 nitrogen and oxygen atoms in total. The maximum atomic E-state index is 4.58. The lowest BCUT2D eigenvalue weighted by molar-refractivity contribution is 0.454. The highest BCUT2D eigenvalue weighted by Gasteiger charge is 2.18. The summed E-state index contributed by atoms with van der Waals surface area (Å²) in [6.45, 7) is 2.19. The second-order valence-corrected chi connectivity index (χ2v) is 5.50. The predicted octanol–water partition coefficient (Wildman–Crippen LogP) is 2.30. The van der Waals surface area contributed by atoms with Crippen LogP contribution in [0.25, 0.3) is 0 Å². The molecule has 1 aromatic rings. The molecule has 1 aliphatic carbocycles. The summed E-state index contributed by atoms with van der Waals surface area (Å²) in [5.74, 6) is 1.49. The quantitative estimate of drug-likeness (QED) is 0.859. The normalized spacial score (nSPS) is 25.2. The van der Waals surface area contributed by atoms with Crippen LogP contribution in [0.15, 0.2) is 12.4 Å². The van der Waals surface area contributed by atoms with Crippen molar-refractivity contribution in [1.29, 1.82) is 0 Å². The van der Waals surface area contributed by atoms with Gasteiger partial charge in [0.2, 0.25) is 0 Å². The van der Waals surface area contributed by atoms with E-state index in [1.165, 1.54) is 38.5 Å². The van der Waals surface area contributed by atoms with E-state index in [0.29, 0.717) is 12.0 Å². The van der Waals surface area contributed by atoms with Gasteiger partial charge >= 0.3 is 0 Å². The lowest BCUT2D eigenvalue weighted by atomic mass is 9.97. The largest absolute Gasteiger partial charge is 0.366 e. The van der Waals surface area contributed by atoms with E-state index in [2.05, 4.69) is 20.6 Å². The fraction of sp³-hybridized carbons (Fsp3) is 0.714. The highest BCUT2D eigenvalue weighted by Crippen LogP contribution is 2.23. The first-order valence-corrected chi connectivity index (χ1v) is 7.21. The van der Waals surface area contributed by atoms with Gasteiger partial charge in [-0.3, -0.25) is 4.98 Å². The molecule has 0 amide bonds. The van der Waals surface area contributed by atoms with Crippen molar-refractivity contribution in [3.05, 3.63) is 18.1 Å². The Kier molecular flexibility index (Phi) is 3.74. The van der Waals surface area contributed by atoms with Gasteiger partial charge in [0, 0.05) is 18.5 Å². The van der Waals surface area contributed by atoms with E-state index in [1.807, 2.05) is 12.4 Å². The molecule has 18 heavy (non-hydrogen) atoms. The van der Waals surface area contributed by atoms with E-state index in [-0.39, 0.29) is 0 Å². The molecule has 0 bridgehead atoms. The van der Waals surface area contributed by atoms with Crippen LogP contribution in [-0.4, -0.2) is 29.1 Å². The molecule has 4 heteroatoms. The molecule has 0 spiro atoms. The monoisotopic (exact) mass is 246 g/mol. The van der Waals surface area contributed by atoms with E-state index in [0.717, 1.165) is 24.6 Å². The number of piperidine rings is 1. The number of nitrogens with zero attached hydrogens (tertiary/aromatic N) is 2. The highest BCUT2D eigenvalue weighted by molar-refractivity contribution is 5.33. The van der Waals surface area contributed by atoms with Crippen LogP contribution >= 0.6 is 0 Å². The first-order chi connectivity index (χ1) is 8.92. The van der Waals surface area contributed by atoms with Gasteiger partial charge in [-0.2, -0.15) is 0 Å². The summed E-state index contributed by atoms with van der Waals surface area (Å²) in [6.07, 6.45) is 11.6. The molecule has 98 valence electrons. The third-order valence-corrected chi connectivity index (χ3v) is 4.09. The minimum atomic E-state index is 0.548. The van der Waals surface area contributed by atoms with Gasteiger partial charge in [-0.25, -0.2) is 4.98 Å². The summed E-state index contributed by atoms with van der Waals surface area (Å²) < 4.78 is 0. The molecule has 1 aromatic heterocycles. The fourth-order valence-corrected chi connectivity index (χ4v) is 3.01. The maximum Gasteiger partial charge on any atom is 0.144 e. The van der Waals surface area contributed by atoms with Crippen molar-refractivity contribution in [3.8, 4) is 0 Å².